The first-order valence-electron chi connectivity index (χ1n) is 7.13. The number of rotatable bonds is 1. The van der Waals surface area contributed by atoms with E-state index in [4.69, 9.17) is 0 Å². The number of fused-ring (bicyclic) bond motifs is 1. The van der Waals surface area contributed by atoms with Gasteiger partial charge in [-0.3, -0.25) is 0 Å². The maximum atomic E-state index is 13.7. The molecule has 116 valence electrons. The van der Waals surface area contributed by atoms with Crippen molar-refractivity contribution >= 4 is 0 Å². The van der Waals surface area contributed by atoms with Crippen molar-refractivity contribution in [3.05, 3.63) is 29.1 Å². The Hall–Kier alpha value is -1.20. The lowest BCUT2D eigenvalue weighted by atomic mass is 9.85. The number of pyridine rings is 1. The number of aromatic nitrogens is 1. The van der Waals surface area contributed by atoms with E-state index >= 15 is 0 Å². The summed E-state index contributed by atoms with van der Waals surface area (Å²) in [7, 11) is 0. The van der Waals surface area contributed by atoms with Gasteiger partial charge in [0.25, 0.3) is 5.92 Å². The minimum atomic E-state index is -4.47. The van der Waals surface area contributed by atoms with E-state index in [9.17, 15) is 22.0 Å². The van der Waals surface area contributed by atoms with E-state index in [1.165, 1.54) is 13.0 Å². The van der Waals surface area contributed by atoms with Crippen molar-refractivity contribution in [2.24, 2.45) is 11.8 Å². The van der Waals surface area contributed by atoms with Crippen LogP contribution in [0.25, 0.3) is 0 Å². The topological polar surface area (TPSA) is 12.9 Å². The van der Waals surface area contributed by atoms with Crippen molar-refractivity contribution in [3.8, 4) is 0 Å². The van der Waals surface area contributed by atoms with Gasteiger partial charge in [0.05, 0.1) is 0 Å². The second-order valence-electron chi connectivity index (χ2n) is 6.12. The number of halogens is 5. The molecule has 3 atom stereocenters. The summed E-state index contributed by atoms with van der Waals surface area (Å²) in [6.45, 7) is 1.53. The van der Waals surface area contributed by atoms with Crippen LogP contribution in [0.2, 0.25) is 0 Å². The lowest BCUT2D eigenvalue weighted by molar-refractivity contribution is -0.141. The highest BCUT2D eigenvalue weighted by molar-refractivity contribution is 5.29. The SMILES string of the molecule is Cc1nc(C(F)(F)F)ccc1C1CC[C@H]2[C@@H]1CCC2(F)F. The zero-order chi connectivity index (χ0) is 15.4. The maximum Gasteiger partial charge on any atom is 0.433 e. The van der Waals surface area contributed by atoms with Gasteiger partial charge in [0, 0.05) is 18.0 Å². The third-order valence-electron chi connectivity index (χ3n) is 4.99. The molecule has 0 N–H and O–H groups in total. The molecule has 1 nitrogen and oxygen atoms in total. The standard InChI is InChI=1S/C15H16F5N/c1-8-9(3-5-13(21-8)15(18,19)20)10-2-4-12-11(10)6-7-14(12,16)17/h3,5,10-12H,2,4,6-7H2,1H3/t10?,11-,12+/m1/s1. The molecule has 1 heterocycles. The van der Waals surface area contributed by atoms with Crippen molar-refractivity contribution in [2.75, 3.05) is 0 Å². The third kappa shape index (κ3) is 2.42. The van der Waals surface area contributed by atoms with E-state index in [0.29, 0.717) is 30.5 Å². The maximum absolute atomic E-state index is 13.7. The molecule has 0 radical (unpaired) electrons. The molecular formula is C15H16F5N. The Bertz CT molecular complexity index is 551. The van der Waals surface area contributed by atoms with E-state index in [1.54, 1.807) is 0 Å². The molecule has 2 aliphatic carbocycles. The van der Waals surface area contributed by atoms with E-state index < -0.39 is 23.7 Å². The molecule has 6 heteroatoms. The molecule has 1 unspecified atom stereocenters. The normalized spacial score (nSPS) is 31.4. The monoisotopic (exact) mass is 305 g/mol. The van der Waals surface area contributed by atoms with Crippen LogP contribution in [0, 0.1) is 18.8 Å². The summed E-state index contributed by atoms with van der Waals surface area (Å²) in [6, 6.07) is 2.39. The molecule has 0 spiro atoms. The van der Waals surface area contributed by atoms with Gasteiger partial charge in [-0.1, -0.05) is 6.07 Å². The Kier molecular flexibility index (Phi) is 3.26. The lowest BCUT2D eigenvalue weighted by Crippen LogP contribution is -2.23. The summed E-state index contributed by atoms with van der Waals surface area (Å²) in [5.41, 5.74) is 0.0916. The van der Waals surface area contributed by atoms with Gasteiger partial charge in [0.15, 0.2) is 0 Å². The molecule has 0 amide bonds. The first-order chi connectivity index (χ1) is 9.70. The first-order valence-corrected chi connectivity index (χ1v) is 7.13. The zero-order valence-corrected chi connectivity index (χ0v) is 11.6. The smallest absolute Gasteiger partial charge is 0.248 e. The van der Waals surface area contributed by atoms with Crippen molar-refractivity contribution in [1.82, 2.24) is 4.98 Å². The number of hydrogen-bond donors (Lipinski definition) is 0. The molecule has 0 aliphatic heterocycles. The van der Waals surface area contributed by atoms with Gasteiger partial charge in [0.1, 0.15) is 5.69 Å². The molecule has 0 bridgehead atoms. The van der Waals surface area contributed by atoms with Crippen molar-refractivity contribution < 1.29 is 22.0 Å². The zero-order valence-electron chi connectivity index (χ0n) is 11.6. The van der Waals surface area contributed by atoms with Crippen LogP contribution in [0.1, 0.15) is 48.6 Å². The van der Waals surface area contributed by atoms with Crippen molar-refractivity contribution in [1.29, 1.82) is 0 Å². The molecule has 21 heavy (non-hydrogen) atoms. The van der Waals surface area contributed by atoms with Gasteiger partial charge < -0.3 is 0 Å². The average molecular weight is 305 g/mol. The van der Waals surface area contributed by atoms with Crippen LogP contribution in [0.3, 0.4) is 0 Å². The Morgan fingerprint density at radius 2 is 1.86 bits per heavy atom. The van der Waals surface area contributed by atoms with Crippen molar-refractivity contribution in [2.45, 2.75) is 50.6 Å². The van der Waals surface area contributed by atoms with Crippen LogP contribution in [0.5, 0.6) is 0 Å². The average Bonchev–Trinajstić information content (AvgIpc) is 2.90. The Morgan fingerprint density at radius 1 is 1.14 bits per heavy atom. The van der Waals surface area contributed by atoms with Crippen molar-refractivity contribution in [3.63, 3.8) is 0 Å². The fourth-order valence-electron chi connectivity index (χ4n) is 4.05. The summed E-state index contributed by atoms with van der Waals surface area (Å²) in [5.74, 6) is -3.45. The van der Waals surface area contributed by atoms with Crippen LogP contribution < -0.4 is 0 Å². The van der Waals surface area contributed by atoms with E-state index in [-0.39, 0.29) is 18.3 Å². The minimum absolute atomic E-state index is 0.0850. The molecule has 2 saturated carbocycles. The molecule has 2 fully saturated rings. The highest BCUT2D eigenvalue weighted by atomic mass is 19.4. The van der Waals surface area contributed by atoms with Gasteiger partial charge in [-0.05, 0) is 49.7 Å². The van der Waals surface area contributed by atoms with Crippen LogP contribution in [-0.4, -0.2) is 10.9 Å². The number of aryl methyl sites for hydroxylation is 1. The van der Waals surface area contributed by atoms with Gasteiger partial charge >= 0.3 is 6.18 Å². The van der Waals surface area contributed by atoms with E-state index in [0.717, 1.165) is 6.07 Å². The molecule has 0 aromatic carbocycles. The Morgan fingerprint density at radius 3 is 2.48 bits per heavy atom. The fourth-order valence-corrected chi connectivity index (χ4v) is 4.05. The van der Waals surface area contributed by atoms with Gasteiger partial charge in [-0.2, -0.15) is 13.2 Å². The summed E-state index contributed by atoms with van der Waals surface area (Å²) < 4.78 is 65.4. The number of hydrogen-bond acceptors (Lipinski definition) is 1. The number of nitrogens with zero attached hydrogens (tertiary/aromatic N) is 1. The second kappa shape index (κ2) is 4.65. The quantitative estimate of drug-likeness (QED) is 0.669. The Balaban J connectivity index is 1.89. The van der Waals surface area contributed by atoms with Gasteiger partial charge in [-0.25, -0.2) is 13.8 Å². The van der Waals surface area contributed by atoms with Crippen LogP contribution in [0.15, 0.2) is 12.1 Å². The first kappa shape index (κ1) is 14.7. The highest BCUT2D eigenvalue weighted by Gasteiger charge is 2.55. The van der Waals surface area contributed by atoms with Gasteiger partial charge in [0.2, 0.25) is 0 Å². The third-order valence-corrected chi connectivity index (χ3v) is 4.99. The molecule has 3 rings (SSSR count). The van der Waals surface area contributed by atoms with Crippen LogP contribution in [-0.2, 0) is 6.18 Å². The van der Waals surface area contributed by atoms with E-state index in [1.807, 2.05) is 0 Å². The molecular weight excluding hydrogens is 289 g/mol. The molecule has 1 aromatic heterocycles. The minimum Gasteiger partial charge on any atom is -0.248 e. The molecule has 0 saturated heterocycles. The molecule has 1 aromatic rings. The fraction of sp³-hybridized carbons (Fsp3) is 0.667. The largest absolute Gasteiger partial charge is 0.433 e. The highest BCUT2D eigenvalue weighted by Crippen LogP contribution is 2.58. The summed E-state index contributed by atoms with van der Waals surface area (Å²) in [6.07, 6.45) is -3.07. The Labute approximate surface area is 119 Å². The van der Waals surface area contributed by atoms with Crippen LogP contribution in [0.4, 0.5) is 22.0 Å². The predicted octanol–water partition coefficient (Wildman–Crippen LogP) is 4.95. The summed E-state index contributed by atoms with van der Waals surface area (Å²) in [4.78, 5) is 3.63. The molecule has 2 aliphatic rings. The summed E-state index contributed by atoms with van der Waals surface area (Å²) >= 11 is 0. The van der Waals surface area contributed by atoms with Gasteiger partial charge in [-0.15, -0.1) is 0 Å². The van der Waals surface area contributed by atoms with E-state index in [2.05, 4.69) is 4.98 Å². The predicted molar refractivity (Wildman–Crippen MR) is 67.1 cm³/mol. The van der Waals surface area contributed by atoms with Crippen LogP contribution >= 0.6 is 0 Å². The summed E-state index contributed by atoms with van der Waals surface area (Å²) in [5, 5.41) is 0. The second-order valence-corrected chi connectivity index (χ2v) is 6.12. The lowest BCUT2D eigenvalue weighted by Gasteiger charge is -2.22. The number of alkyl halides is 5.